The zero-order valence-electron chi connectivity index (χ0n) is 10.8. The highest BCUT2D eigenvalue weighted by molar-refractivity contribution is 7.89. The van der Waals surface area contributed by atoms with Crippen molar-refractivity contribution in [2.75, 3.05) is 20.2 Å². The third-order valence-corrected chi connectivity index (χ3v) is 4.57. The molecular weight excluding hydrogens is 288 g/mol. The molecule has 1 aromatic carbocycles. The number of ether oxygens (including phenoxy) is 1. The normalized spacial score (nSPS) is 16.7. The Morgan fingerprint density at radius 1 is 1.21 bits per heavy atom. The predicted molar refractivity (Wildman–Crippen MR) is 76.5 cm³/mol. The van der Waals surface area contributed by atoms with Crippen molar-refractivity contribution in [3.8, 4) is 5.75 Å². The Morgan fingerprint density at radius 3 is 2.32 bits per heavy atom. The molecule has 5 nitrogen and oxygen atoms in total. The van der Waals surface area contributed by atoms with E-state index in [0.29, 0.717) is 5.75 Å². The van der Waals surface area contributed by atoms with Crippen molar-refractivity contribution < 1.29 is 13.2 Å². The van der Waals surface area contributed by atoms with Gasteiger partial charge in [0.05, 0.1) is 12.0 Å². The lowest BCUT2D eigenvalue weighted by molar-refractivity contribution is 0.414. The van der Waals surface area contributed by atoms with Crippen molar-refractivity contribution in [3.63, 3.8) is 0 Å². The minimum atomic E-state index is -3.42. The Bertz CT molecular complexity index is 484. The molecule has 2 rings (SSSR count). The highest BCUT2D eigenvalue weighted by Crippen LogP contribution is 2.16. The van der Waals surface area contributed by atoms with E-state index >= 15 is 0 Å². The minimum absolute atomic E-state index is 0. The fourth-order valence-corrected chi connectivity index (χ4v) is 3.29. The van der Waals surface area contributed by atoms with E-state index in [1.54, 1.807) is 31.4 Å². The molecule has 1 aromatic rings. The van der Waals surface area contributed by atoms with Crippen LogP contribution < -0.4 is 14.8 Å². The number of nitrogens with one attached hydrogen (secondary N) is 2. The van der Waals surface area contributed by atoms with Crippen LogP contribution in [0.2, 0.25) is 0 Å². The standard InChI is InChI=1S/C12H18N2O3S.ClH/c1-17-11-2-4-12(5-3-11)18(15,16)14-10-6-8-13-9-7-10;/h2-5,10,13-14H,6-9H2,1H3;1H. The number of hydrogen-bond acceptors (Lipinski definition) is 4. The maximum atomic E-state index is 12.1. The molecule has 0 aromatic heterocycles. The number of piperidine rings is 1. The summed E-state index contributed by atoms with van der Waals surface area (Å²) in [4.78, 5) is 0.279. The van der Waals surface area contributed by atoms with Crippen molar-refractivity contribution in [2.24, 2.45) is 0 Å². The van der Waals surface area contributed by atoms with E-state index in [1.165, 1.54) is 0 Å². The second-order valence-electron chi connectivity index (χ2n) is 4.32. The fourth-order valence-electron chi connectivity index (χ4n) is 1.98. The number of rotatable bonds is 4. The van der Waals surface area contributed by atoms with Crippen LogP contribution in [0.5, 0.6) is 5.75 Å². The van der Waals surface area contributed by atoms with Crippen LogP contribution in [0.25, 0.3) is 0 Å². The Hall–Kier alpha value is -0.820. The molecule has 0 aliphatic carbocycles. The quantitative estimate of drug-likeness (QED) is 0.875. The summed E-state index contributed by atoms with van der Waals surface area (Å²) in [5.74, 6) is 0.649. The molecule has 19 heavy (non-hydrogen) atoms. The van der Waals surface area contributed by atoms with E-state index < -0.39 is 10.0 Å². The molecule has 1 aliphatic heterocycles. The van der Waals surface area contributed by atoms with Crippen molar-refractivity contribution in [1.82, 2.24) is 10.0 Å². The third kappa shape index (κ3) is 4.35. The van der Waals surface area contributed by atoms with Gasteiger partial charge in [0.15, 0.2) is 0 Å². The van der Waals surface area contributed by atoms with Crippen LogP contribution in [0.3, 0.4) is 0 Å². The first-order chi connectivity index (χ1) is 8.62. The van der Waals surface area contributed by atoms with Gasteiger partial charge in [0.1, 0.15) is 5.75 Å². The Balaban J connectivity index is 0.00000180. The first-order valence-electron chi connectivity index (χ1n) is 5.99. The molecule has 1 saturated heterocycles. The summed E-state index contributed by atoms with van der Waals surface area (Å²) < 4.78 is 32.0. The minimum Gasteiger partial charge on any atom is -0.497 e. The first-order valence-corrected chi connectivity index (χ1v) is 7.47. The average Bonchev–Trinajstić information content (AvgIpc) is 2.39. The van der Waals surface area contributed by atoms with E-state index in [-0.39, 0.29) is 23.3 Å². The molecule has 0 bridgehead atoms. The molecule has 7 heteroatoms. The summed E-state index contributed by atoms with van der Waals surface area (Å²) in [6.45, 7) is 1.71. The summed E-state index contributed by atoms with van der Waals surface area (Å²) in [7, 11) is -1.87. The Kier molecular flexibility index (Phi) is 6.06. The molecular formula is C12H19ClN2O3S. The van der Waals surface area contributed by atoms with Crippen molar-refractivity contribution in [3.05, 3.63) is 24.3 Å². The second kappa shape index (κ2) is 7.09. The monoisotopic (exact) mass is 306 g/mol. The van der Waals surface area contributed by atoms with E-state index in [9.17, 15) is 8.42 Å². The highest BCUT2D eigenvalue weighted by atomic mass is 35.5. The maximum absolute atomic E-state index is 12.1. The SMILES string of the molecule is COc1ccc(S(=O)(=O)NC2CCNCC2)cc1.Cl. The van der Waals surface area contributed by atoms with Crippen LogP contribution in [0.4, 0.5) is 0 Å². The van der Waals surface area contributed by atoms with Crippen LogP contribution in [-0.2, 0) is 10.0 Å². The molecule has 0 amide bonds. The smallest absolute Gasteiger partial charge is 0.240 e. The fraction of sp³-hybridized carbons (Fsp3) is 0.500. The zero-order chi connectivity index (χ0) is 13.0. The van der Waals surface area contributed by atoms with Gasteiger partial charge >= 0.3 is 0 Å². The van der Waals surface area contributed by atoms with Crippen molar-refractivity contribution >= 4 is 22.4 Å². The lowest BCUT2D eigenvalue weighted by atomic mass is 10.1. The molecule has 2 N–H and O–H groups in total. The van der Waals surface area contributed by atoms with Gasteiger partial charge in [-0.05, 0) is 50.2 Å². The lowest BCUT2D eigenvalue weighted by Gasteiger charge is -2.23. The number of halogens is 1. The van der Waals surface area contributed by atoms with Crippen LogP contribution in [0.15, 0.2) is 29.2 Å². The predicted octanol–water partition coefficient (Wildman–Crippen LogP) is 1.15. The van der Waals surface area contributed by atoms with Crippen LogP contribution in [-0.4, -0.2) is 34.7 Å². The average molecular weight is 307 g/mol. The molecule has 0 atom stereocenters. The summed E-state index contributed by atoms with van der Waals surface area (Å²) >= 11 is 0. The van der Waals surface area contributed by atoms with Gasteiger partial charge in [0, 0.05) is 6.04 Å². The van der Waals surface area contributed by atoms with Gasteiger partial charge in [-0.2, -0.15) is 0 Å². The van der Waals surface area contributed by atoms with Crippen molar-refractivity contribution in [2.45, 2.75) is 23.8 Å². The number of methoxy groups -OCH3 is 1. The molecule has 0 saturated carbocycles. The third-order valence-electron chi connectivity index (χ3n) is 3.03. The maximum Gasteiger partial charge on any atom is 0.240 e. The van der Waals surface area contributed by atoms with Crippen LogP contribution in [0.1, 0.15) is 12.8 Å². The second-order valence-corrected chi connectivity index (χ2v) is 6.04. The van der Waals surface area contributed by atoms with Gasteiger partial charge in [0.2, 0.25) is 10.0 Å². The Morgan fingerprint density at radius 2 is 1.79 bits per heavy atom. The summed E-state index contributed by atoms with van der Waals surface area (Å²) in [6.07, 6.45) is 1.66. The van der Waals surface area contributed by atoms with E-state index in [2.05, 4.69) is 10.0 Å². The largest absolute Gasteiger partial charge is 0.497 e. The molecule has 1 fully saturated rings. The molecule has 0 radical (unpaired) electrons. The number of hydrogen-bond donors (Lipinski definition) is 2. The van der Waals surface area contributed by atoms with Gasteiger partial charge in [-0.3, -0.25) is 0 Å². The number of sulfonamides is 1. The van der Waals surface area contributed by atoms with E-state index in [4.69, 9.17) is 4.74 Å². The summed E-state index contributed by atoms with van der Waals surface area (Å²) in [5, 5.41) is 3.20. The molecule has 1 heterocycles. The number of benzene rings is 1. The van der Waals surface area contributed by atoms with Crippen molar-refractivity contribution in [1.29, 1.82) is 0 Å². The van der Waals surface area contributed by atoms with Gasteiger partial charge in [-0.15, -0.1) is 12.4 Å². The molecule has 1 aliphatic rings. The zero-order valence-corrected chi connectivity index (χ0v) is 12.4. The van der Waals surface area contributed by atoms with Crippen LogP contribution in [0, 0.1) is 0 Å². The molecule has 108 valence electrons. The van der Waals surface area contributed by atoms with Gasteiger partial charge in [-0.1, -0.05) is 0 Å². The van der Waals surface area contributed by atoms with Crippen LogP contribution >= 0.6 is 12.4 Å². The Labute approximate surface area is 120 Å². The van der Waals surface area contributed by atoms with E-state index in [1.807, 2.05) is 0 Å². The van der Waals surface area contributed by atoms with E-state index in [0.717, 1.165) is 25.9 Å². The summed E-state index contributed by atoms with van der Waals surface area (Å²) in [5.41, 5.74) is 0. The molecule has 0 spiro atoms. The molecule has 0 unspecified atom stereocenters. The topological polar surface area (TPSA) is 67.4 Å². The summed E-state index contributed by atoms with van der Waals surface area (Å²) in [6, 6.07) is 6.44. The highest BCUT2D eigenvalue weighted by Gasteiger charge is 2.21. The lowest BCUT2D eigenvalue weighted by Crippen LogP contribution is -2.42. The van der Waals surface area contributed by atoms with Gasteiger partial charge in [-0.25, -0.2) is 13.1 Å². The van der Waals surface area contributed by atoms with Gasteiger partial charge in [0.25, 0.3) is 0 Å². The first kappa shape index (κ1) is 16.2. The van der Waals surface area contributed by atoms with Gasteiger partial charge < -0.3 is 10.1 Å².